The van der Waals surface area contributed by atoms with E-state index in [1.54, 1.807) is 0 Å². The van der Waals surface area contributed by atoms with E-state index >= 15 is 0 Å². The van der Waals surface area contributed by atoms with E-state index in [9.17, 15) is 9.59 Å². The zero-order valence-electron chi connectivity index (χ0n) is 7.24. The molecule has 0 atom stereocenters. The number of benzene rings is 1. The lowest BCUT2D eigenvalue weighted by Crippen LogP contribution is -2.05. The first-order valence-electron chi connectivity index (χ1n) is 3.70. The van der Waals surface area contributed by atoms with Crippen molar-refractivity contribution in [1.82, 2.24) is 0 Å². The number of hydrogen-bond donors (Lipinski definition) is 2. The second-order valence-corrected chi connectivity index (χ2v) is 3.15. The van der Waals surface area contributed by atoms with Crippen molar-refractivity contribution in [2.75, 3.05) is 0 Å². The van der Waals surface area contributed by atoms with E-state index in [0.29, 0.717) is 5.56 Å². The average molecular weight is 215 g/mol. The first kappa shape index (κ1) is 10.5. The van der Waals surface area contributed by atoms with Crippen LogP contribution in [0.15, 0.2) is 12.1 Å². The Hall–Kier alpha value is -1.55. The maximum absolute atomic E-state index is 10.7. The molecule has 14 heavy (non-hydrogen) atoms. The van der Waals surface area contributed by atoms with Crippen LogP contribution in [0, 0.1) is 6.92 Å². The topological polar surface area (TPSA) is 74.6 Å². The smallest absolute Gasteiger partial charge is 0.336 e. The summed E-state index contributed by atoms with van der Waals surface area (Å²) in [7, 11) is 0. The molecule has 0 aliphatic rings. The number of carboxylic acid groups (broad SMARTS) is 2. The Kier molecular flexibility index (Phi) is 2.76. The van der Waals surface area contributed by atoms with Gasteiger partial charge in [-0.05, 0) is 24.6 Å². The molecule has 1 aromatic carbocycles. The van der Waals surface area contributed by atoms with Crippen molar-refractivity contribution in [2.24, 2.45) is 0 Å². The molecule has 1 rings (SSSR count). The Balaban J connectivity index is 3.43. The fraction of sp³-hybridized carbons (Fsp3) is 0.111. The Labute approximate surface area is 84.7 Å². The Morgan fingerprint density at radius 3 is 2.21 bits per heavy atom. The molecule has 0 bridgehead atoms. The van der Waals surface area contributed by atoms with Gasteiger partial charge in [0, 0.05) is 5.02 Å². The van der Waals surface area contributed by atoms with Gasteiger partial charge >= 0.3 is 11.9 Å². The number of rotatable bonds is 2. The maximum atomic E-state index is 10.7. The van der Waals surface area contributed by atoms with Gasteiger partial charge < -0.3 is 10.2 Å². The number of hydrogen-bond acceptors (Lipinski definition) is 2. The molecule has 5 heteroatoms. The summed E-state index contributed by atoms with van der Waals surface area (Å²) in [6.07, 6.45) is 0. The maximum Gasteiger partial charge on any atom is 0.336 e. The van der Waals surface area contributed by atoms with E-state index in [2.05, 4.69) is 0 Å². The van der Waals surface area contributed by atoms with Gasteiger partial charge in [-0.2, -0.15) is 0 Å². The first-order chi connectivity index (χ1) is 6.43. The summed E-state index contributed by atoms with van der Waals surface area (Å²) in [5, 5.41) is 17.5. The zero-order chi connectivity index (χ0) is 10.9. The summed E-state index contributed by atoms with van der Waals surface area (Å²) in [5.41, 5.74) is 0.150. The number of aromatic carboxylic acids is 2. The van der Waals surface area contributed by atoms with Gasteiger partial charge in [0.05, 0.1) is 11.1 Å². The minimum atomic E-state index is -1.20. The van der Waals surface area contributed by atoms with Gasteiger partial charge in [-0.25, -0.2) is 9.59 Å². The molecular weight excluding hydrogens is 208 g/mol. The zero-order valence-corrected chi connectivity index (χ0v) is 8.00. The molecule has 2 N–H and O–H groups in total. The number of halogens is 1. The summed E-state index contributed by atoms with van der Waals surface area (Å²) in [4.78, 5) is 21.3. The second kappa shape index (κ2) is 3.67. The van der Waals surface area contributed by atoms with Gasteiger partial charge in [-0.1, -0.05) is 11.6 Å². The van der Waals surface area contributed by atoms with E-state index in [1.165, 1.54) is 13.0 Å². The lowest BCUT2D eigenvalue weighted by atomic mass is 10.1. The van der Waals surface area contributed by atoms with Gasteiger partial charge in [0.25, 0.3) is 0 Å². The van der Waals surface area contributed by atoms with Crippen molar-refractivity contribution < 1.29 is 19.8 Å². The fourth-order valence-corrected chi connectivity index (χ4v) is 1.24. The molecule has 0 aliphatic carbocycles. The summed E-state index contributed by atoms with van der Waals surface area (Å²) in [5.74, 6) is -2.39. The minimum Gasteiger partial charge on any atom is -0.478 e. The van der Waals surface area contributed by atoms with Crippen LogP contribution < -0.4 is 0 Å². The van der Waals surface area contributed by atoms with Crippen LogP contribution in [0.2, 0.25) is 5.02 Å². The number of carboxylic acids is 2. The summed E-state index contributed by atoms with van der Waals surface area (Å²) < 4.78 is 0. The minimum absolute atomic E-state index is 0.0881. The highest BCUT2D eigenvalue weighted by Gasteiger charge is 2.14. The Bertz CT molecular complexity index is 412. The summed E-state index contributed by atoms with van der Waals surface area (Å²) >= 11 is 5.68. The second-order valence-electron chi connectivity index (χ2n) is 2.74. The molecule has 0 aliphatic heterocycles. The third-order valence-corrected chi connectivity index (χ3v) is 2.21. The SMILES string of the molecule is Cc1c(Cl)cc(C(=O)O)cc1C(=O)O. The van der Waals surface area contributed by atoms with Crippen LogP contribution in [0.5, 0.6) is 0 Å². The van der Waals surface area contributed by atoms with Crippen molar-refractivity contribution in [3.05, 3.63) is 33.8 Å². The van der Waals surface area contributed by atoms with Crippen molar-refractivity contribution in [1.29, 1.82) is 0 Å². The molecule has 0 unspecified atom stereocenters. The van der Waals surface area contributed by atoms with E-state index in [1.807, 2.05) is 0 Å². The third-order valence-electron chi connectivity index (χ3n) is 1.82. The third kappa shape index (κ3) is 1.85. The highest BCUT2D eigenvalue weighted by Crippen LogP contribution is 2.21. The van der Waals surface area contributed by atoms with Crippen LogP contribution >= 0.6 is 11.6 Å². The molecule has 0 aromatic heterocycles. The van der Waals surface area contributed by atoms with Crippen molar-refractivity contribution in [3.63, 3.8) is 0 Å². The van der Waals surface area contributed by atoms with Crippen LogP contribution in [-0.2, 0) is 0 Å². The van der Waals surface area contributed by atoms with Gasteiger partial charge in [0.15, 0.2) is 0 Å². The Morgan fingerprint density at radius 1 is 1.21 bits per heavy atom. The van der Waals surface area contributed by atoms with Gasteiger partial charge in [0.2, 0.25) is 0 Å². The van der Waals surface area contributed by atoms with Gasteiger partial charge in [-0.3, -0.25) is 0 Å². The van der Waals surface area contributed by atoms with Crippen LogP contribution in [-0.4, -0.2) is 22.2 Å². The molecule has 1 aromatic rings. The lowest BCUT2D eigenvalue weighted by Gasteiger charge is -2.04. The molecule has 0 amide bonds. The Morgan fingerprint density at radius 2 is 1.79 bits per heavy atom. The summed E-state index contributed by atoms with van der Waals surface area (Å²) in [6, 6.07) is 2.32. The van der Waals surface area contributed by atoms with Crippen LogP contribution in [0.3, 0.4) is 0 Å². The molecule has 0 radical (unpaired) electrons. The quantitative estimate of drug-likeness (QED) is 0.790. The van der Waals surface area contributed by atoms with E-state index in [-0.39, 0.29) is 16.1 Å². The van der Waals surface area contributed by atoms with E-state index in [0.717, 1.165) is 6.07 Å². The van der Waals surface area contributed by atoms with Crippen LogP contribution in [0.1, 0.15) is 26.3 Å². The van der Waals surface area contributed by atoms with Crippen molar-refractivity contribution in [3.8, 4) is 0 Å². The molecule has 0 heterocycles. The molecule has 0 spiro atoms. The van der Waals surface area contributed by atoms with Gasteiger partial charge in [0.1, 0.15) is 0 Å². The van der Waals surface area contributed by atoms with Crippen LogP contribution in [0.25, 0.3) is 0 Å². The summed E-state index contributed by atoms with van der Waals surface area (Å²) in [6.45, 7) is 1.53. The molecule has 4 nitrogen and oxygen atoms in total. The predicted octanol–water partition coefficient (Wildman–Crippen LogP) is 2.04. The molecule has 0 saturated carbocycles. The van der Waals surface area contributed by atoms with Crippen molar-refractivity contribution in [2.45, 2.75) is 6.92 Å². The largest absolute Gasteiger partial charge is 0.478 e. The van der Waals surface area contributed by atoms with Crippen LogP contribution in [0.4, 0.5) is 0 Å². The first-order valence-corrected chi connectivity index (χ1v) is 4.08. The van der Waals surface area contributed by atoms with E-state index in [4.69, 9.17) is 21.8 Å². The fourth-order valence-electron chi connectivity index (χ4n) is 1.02. The van der Waals surface area contributed by atoms with Crippen molar-refractivity contribution >= 4 is 23.5 Å². The van der Waals surface area contributed by atoms with Gasteiger partial charge in [-0.15, -0.1) is 0 Å². The normalized spacial score (nSPS) is 9.86. The highest BCUT2D eigenvalue weighted by molar-refractivity contribution is 6.32. The molecule has 74 valence electrons. The predicted molar refractivity (Wildman–Crippen MR) is 50.1 cm³/mol. The molecule has 0 saturated heterocycles. The number of carbonyl (C=O) groups is 2. The highest BCUT2D eigenvalue weighted by atomic mass is 35.5. The molecular formula is C9H7ClO4. The van der Waals surface area contributed by atoms with E-state index < -0.39 is 11.9 Å². The standard InChI is InChI=1S/C9H7ClO4/c1-4-6(9(13)14)2-5(8(11)12)3-7(4)10/h2-3H,1H3,(H,11,12)(H,13,14). The average Bonchev–Trinajstić information content (AvgIpc) is 2.08. The lowest BCUT2D eigenvalue weighted by molar-refractivity contribution is 0.0695. The monoisotopic (exact) mass is 214 g/mol. The molecule has 0 fully saturated rings.